The molecule has 2 aromatic rings. The molecule has 0 saturated heterocycles. The number of methoxy groups -OCH3 is 4. The van der Waals surface area contributed by atoms with Crippen molar-refractivity contribution >= 4 is 5.69 Å². The van der Waals surface area contributed by atoms with Crippen LogP contribution in [0.4, 0.5) is 5.69 Å². The predicted octanol–water partition coefficient (Wildman–Crippen LogP) is 4.29. The smallest absolute Gasteiger partial charge is 0.166 e. The van der Waals surface area contributed by atoms with Crippen LogP contribution in [0, 0.1) is 0 Å². The third-order valence-electron chi connectivity index (χ3n) is 5.71. The highest BCUT2D eigenvalue weighted by Crippen LogP contribution is 2.34. The van der Waals surface area contributed by atoms with E-state index < -0.39 is 0 Å². The molecule has 2 aromatic carbocycles. The van der Waals surface area contributed by atoms with Crippen LogP contribution in [0.5, 0.6) is 23.0 Å². The molecule has 2 rings (SSSR count). The molecule has 0 aliphatic rings. The molecule has 6 nitrogen and oxygen atoms in total. The normalized spacial score (nSPS) is 13.0. The van der Waals surface area contributed by atoms with Crippen LogP contribution in [0.1, 0.15) is 25.8 Å². The zero-order valence-electron chi connectivity index (χ0n) is 20.2. The van der Waals surface area contributed by atoms with E-state index in [0.29, 0.717) is 6.04 Å². The van der Waals surface area contributed by atoms with Crippen LogP contribution in [0.25, 0.3) is 0 Å². The third kappa shape index (κ3) is 6.77. The second-order valence-electron chi connectivity index (χ2n) is 8.28. The number of quaternary nitrogens is 1. The summed E-state index contributed by atoms with van der Waals surface area (Å²) in [5.74, 6) is 3.03. The Morgan fingerprint density at radius 1 is 0.774 bits per heavy atom. The minimum Gasteiger partial charge on any atom is -0.493 e. The van der Waals surface area contributed by atoms with Crippen molar-refractivity contribution in [1.82, 2.24) is 9.80 Å². The molecule has 0 amide bonds. The fourth-order valence-electron chi connectivity index (χ4n) is 3.76. The van der Waals surface area contributed by atoms with Crippen molar-refractivity contribution in [3.63, 3.8) is 0 Å². The van der Waals surface area contributed by atoms with Crippen molar-refractivity contribution in [2.24, 2.45) is 0 Å². The zero-order chi connectivity index (χ0) is 22.9. The first-order chi connectivity index (χ1) is 14.9. The van der Waals surface area contributed by atoms with Gasteiger partial charge in [-0.3, -0.25) is 4.48 Å². The highest BCUT2D eigenvalue weighted by atomic mass is 16.5. The topological polar surface area (TPSA) is 49.0 Å². The van der Waals surface area contributed by atoms with Gasteiger partial charge in [0.25, 0.3) is 0 Å². The summed E-state index contributed by atoms with van der Waals surface area (Å²) in [6.07, 6.45) is 2.00. The van der Waals surface area contributed by atoms with Crippen molar-refractivity contribution in [1.29, 1.82) is 0 Å². The van der Waals surface area contributed by atoms with Gasteiger partial charge in [-0.2, -0.15) is 0 Å². The van der Waals surface area contributed by atoms with Gasteiger partial charge in [-0.25, -0.2) is 0 Å². The number of ether oxygens (including phenoxy) is 4. The van der Waals surface area contributed by atoms with Crippen LogP contribution in [0.2, 0.25) is 0 Å². The summed E-state index contributed by atoms with van der Waals surface area (Å²) in [4.78, 5) is 0. The van der Waals surface area contributed by atoms with E-state index in [0.717, 1.165) is 60.0 Å². The molecular weight excluding hydrogens is 392 g/mol. The van der Waals surface area contributed by atoms with Crippen molar-refractivity contribution < 1.29 is 18.9 Å². The number of nitrogens with one attached hydrogen (secondary N) is 1. The average molecular weight is 432 g/mol. The second-order valence-corrected chi connectivity index (χ2v) is 8.28. The summed E-state index contributed by atoms with van der Waals surface area (Å²) in [5, 5.41) is 3.53. The first-order valence-electron chi connectivity index (χ1n) is 10.9. The lowest BCUT2D eigenvalue weighted by atomic mass is 10.1. The molecule has 1 atom stereocenters. The van der Waals surface area contributed by atoms with Crippen LogP contribution in [0.3, 0.4) is 0 Å². The molecule has 0 aromatic heterocycles. The highest BCUT2D eigenvalue weighted by Gasteiger charge is 2.26. The summed E-state index contributed by atoms with van der Waals surface area (Å²) < 4.78 is 22.7. The third-order valence-corrected chi connectivity index (χ3v) is 5.71. The van der Waals surface area contributed by atoms with E-state index in [-0.39, 0.29) is 0 Å². The molecule has 0 aliphatic carbocycles. The SMILES string of the molecule is COc1ccc(CC[N+](C)(CCCNC(C)C)c2ccc(OC)c(OC)c2)cc1OC. The van der Waals surface area contributed by atoms with Gasteiger partial charge >= 0.3 is 0 Å². The molecule has 0 saturated carbocycles. The molecule has 1 unspecified atom stereocenters. The molecule has 0 bridgehead atoms. The summed E-state index contributed by atoms with van der Waals surface area (Å²) in [7, 11) is 8.97. The fourth-order valence-corrected chi connectivity index (χ4v) is 3.76. The Morgan fingerprint density at radius 3 is 1.94 bits per heavy atom. The van der Waals surface area contributed by atoms with Gasteiger partial charge in [-0.05, 0) is 23.8 Å². The number of rotatable bonds is 13. The highest BCUT2D eigenvalue weighted by molar-refractivity contribution is 5.54. The van der Waals surface area contributed by atoms with E-state index in [4.69, 9.17) is 18.9 Å². The van der Waals surface area contributed by atoms with Crippen LogP contribution in [0.15, 0.2) is 36.4 Å². The van der Waals surface area contributed by atoms with E-state index in [2.05, 4.69) is 50.5 Å². The number of nitrogens with zero attached hydrogens (tertiary/aromatic N) is 1. The zero-order valence-corrected chi connectivity index (χ0v) is 20.2. The summed E-state index contributed by atoms with van der Waals surface area (Å²) >= 11 is 0. The molecule has 0 radical (unpaired) electrons. The maximum Gasteiger partial charge on any atom is 0.166 e. The average Bonchev–Trinajstić information content (AvgIpc) is 2.79. The second kappa shape index (κ2) is 11.8. The van der Waals surface area contributed by atoms with Crippen LogP contribution >= 0.6 is 0 Å². The van der Waals surface area contributed by atoms with Gasteiger partial charge in [0.15, 0.2) is 23.0 Å². The van der Waals surface area contributed by atoms with Crippen molar-refractivity contribution in [3.05, 3.63) is 42.0 Å². The summed E-state index contributed by atoms with van der Waals surface area (Å²) in [6, 6.07) is 12.9. The molecule has 31 heavy (non-hydrogen) atoms. The molecule has 6 heteroatoms. The van der Waals surface area contributed by atoms with E-state index in [1.807, 2.05) is 12.1 Å². The van der Waals surface area contributed by atoms with Crippen LogP contribution < -0.4 is 28.7 Å². The number of hydrogen-bond acceptors (Lipinski definition) is 5. The summed E-state index contributed by atoms with van der Waals surface area (Å²) in [6.45, 7) is 7.32. The number of likely N-dealkylation sites (N-methyl/N-ethyl adjacent to an activating group) is 1. The Balaban J connectivity index is 2.25. The van der Waals surface area contributed by atoms with Crippen molar-refractivity contribution in [2.75, 3.05) is 55.1 Å². The number of hydrogen-bond donors (Lipinski definition) is 1. The molecule has 0 aliphatic heterocycles. The Hall–Kier alpha value is -2.44. The Kier molecular flexibility index (Phi) is 9.46. The first-order valence-corrected chi connectivity index (χ1v) is 10.9. The standard InChI is InChI=1S/C25H39N2O4/c1-19(2)26-14-8-15-27(3,21-10-12-23(29-5)25(18-21)31-7)16-13-20-9-11-22(28-4)24(17-20)30-6/h9-12,17-19,26H,8,13-16H2,1-7H3/q+1. The van der Waals surface area contributed by atoms with E-state index in [1.54, 1.807) is 28.4 Å². The maximum absolute atomic E-state index is 5.57. The van der Waals surface area contributed by atoms with Gasteiger partial charge in [0, 0.05) is 37.6 Å². The van der Waals surface area contributed by atoms with Gasteiger partial charge < -0.3 is 24.3 Å². The van der Waals surface area contributed by atoms with E-state index >= 15 is 0 Å². The Morgan fingerprint density at radius 2 is 1.35 bits per heavy atom. The maximum atomic E-state index is 5.57. The van der Waals surface area contributed by atoms with Gasteiger partial charge in [0.05, 0.1) is 48.6 Å². The molecule has 172 valence electrons. The molecule has 0 spiro atoms. The van der Waals surface area contributed by atoms with Gasteiger partial charge in [0.1, 0.15) is 5.69 Å². The minimum atomic E-state index is 0.492. The quantitative estimate of drug-likeness (QED) is 0.379. The van der Waals surface area contributed by atoms with Gasteiger partial charge in [-0.15, -0.1) is 0 Å². The van der Waals surface area contributed by atoms with Crippen molar-refractivity contribution in [3.8, 4) is 23.0 Å². The van der Waals surface area contributed by atoms with E-state index in [1.165, 1.54) is 11.3 Å². The fraction of sp³-hybridized carbons (Fsp3) is 0.520. The minimum absolute atomic E-state index is 0.492. The first kappa shape index (κ1) is 24.8. The Labute approximate surface area is 187 Å². The lowest BCUT2D eigenvalue weighted by molar-refractivity contribution is 0.318. The lowest BCUT2D eigenvalue weighted by Crippen LogP contribution is -2.48. The van der Waals surface area contributed by atoms with Crippen molar-refractivity contribution in [2.45, 2.75) is 32.7 Å². The molecule has 0 heterocycles. The summed E-state index contributed by atoms with van der Waals surface area (Å²) in [5.41, 5.74) is 2.44. The molecule has 1 N–H and O–H groups in total. The Bertz CT molecular complexity index is 825. The number of benzene rings is 2. The van der Waals surface area contributed by atoms with Gasteiger partial charge in [-0.1, -0.05) is 19.9 Å². The van der Waals surface area contributed by atoms with Crippen LogP contribution in [-0.2, 0) is 6.42 Å². The van der Waals surface area contributed by atoms with Gasteiger partial charge in [0.2, 0.25) is 0 Å². The predicted molar refractivity (Wildman–Crippen MR) is 128 cm³/mol. The lowest BCUT2D eigenvalue weighted by Gasteiger charge is -2.35. The molecular formula is C25H39N2O4+. The monoisotopic (exact) mass is 431 g/mol. The largest absolute Gasteiger partial charge is 0.493 e. The molecule has 0 fully saturated rings. The van der Waals surface area contributed by atoms with Crippen LogP contribution in [-0.4, -0.2) is 61.2 Å². The van der Waals surface area contributed by atoms with E-state index in [9.17, 15) is 0 Å².